The highest BCUT2D eigenvalue weighted by Gasteiger charge is 2.33. The molecule has 1 heterocycles. The van der Waals surface area contributed by atoms with E-state index in [4.69, 9.17) is 0 Å². The zero-order valence-corrected chi connectivity index (χ0v) is 12.7. The van der Waals surface area contributed by atoms with Crippen molar-refractivity contribution in [1.82, 2.24) is 5.32 Å². The molecule has 2 nitrogen and oxygen atoms in total. The standard InChI is InChI=1S/C13H18BrNOS/c1-13(2)7-4-3-5-10(13)15-12(16)11-9(14)6-8-17-11/h6,8,10H,3-5,7H2,1-2H3,(H,15,16). The van der Waals surface area contributed by atoms with Gasteiger partial charge in [0.15, 0.2) is 0 Å². The smallest absolute Gasteiger partial charge is 0.262 e. The monoisotopic (exact) mass is 315 g/mol. The maximum absolute atomic E-state index is 12.2. The molecule has 0 saturated heterocycles. The lowest BCUT2D eigenvalue weighted by Crippen LogP contribution is -2.46. The van der Waals surface area contributed by atoms with E-state index >= 15 is 0 Å². The van der Waals surface area contributed by atoms with Crippen molar-refractivity contribution in [3.8, 4) is 0 Å². The fourth-order valence-corrected chi connectivity index (χ4v) is 3.90. The maximum atomic E-state index is 12.2. The summed E-state index contributed by atoms with van der Waals surface area (Å²) in [6.45, 7) is 4.50. The lowest BCUT2D eigenvalue weighted by molar-refractivity contribution is 0.0857. The number of carbonyl (C=O) groups is 1. The van der Waals surface area contributed by atoms with Crippen molar-refractivity contribution < 1.29 is 4.79 Å². The normalized spacial score (nSPS) is 23.4. The molecule has 1 saturated carbocycles. The van der Waals surface area contributed by atoms with E-state index in [2.05, 4.69) is 35.1 Å². The Hall–Kier alpha value is -0.350. The van der Waals surface area contributed by atoms with E-state index in [0.717, 1.165) is 15.8 Å². The van der Waals surface area contributed by atoms with Crippen LogP contribution in [0.3, 0.4) is 0 Å². The van der Waals surface area contributed by atoms with Crippen LogP contribution in [-0.4, -0.2) is 11.9 Å². The van der Waals surface area contributed by atoms with Crippen molar-refractivity contribution in [1.29, 1.82) is 0 Å². The first-order valence-electron chi connectivity index (χ1n) is 6.04. The van der Waals surface area contributed by atoms with Crippen molar-refractivity contribution in [2.24, 2.45) is 5.41 Å². The molecule has 1 aliphatic rings. The first-order valence-corrected chi connectivity index (χ1v) is 7.72. The van der Waals surface area contributed by atoms with Crippen LogP contribution in [0, 0.1) is 5.41 Å². The largest absolute Gasteiger partial charge is 0.348 e. The summed E-state index contributed by atoms with van der Waals surface area (Å²) >= 11 is 4.90. The Morgan fingerprint density at radius 3 is 2.88 bits per heavy atom. The third-order valence-corrected chi connectivity index (χ3v) is 5.47. The van der Waals surface area contributed by atoms with Gasteiger partial charge in [0.05, 0.1) is 0 Å². The second kappa shape index (κ2) is 5.11. The molecular weight excluding hydrogens is 298 g/mol. The third-order valence-electron chi connectivity index (χ3n) is 3.64. The minimum Gasteiger partial charge on any atom is -0.348 e. The molecule has 17 heavy (non-hydrogen) atoms. The molecule has 0 aliphatic heterocycles. The van der Waals surface area contributed by atoms with E-state index in [1.165, 1.54) is 30.6 Å². The van der Waals surface area contributed by atoms with Crippen LogP contribution in [-0.2, 0) is 0 Å². The van der Waals surface area contributed by atoms with Crippen LogP contribution in [0.15, 0.2) is 15.9 Å². The van der Waals surface area contributed by atoms with Gasteiger partial charge < -0.3 is 5.32 Å². The lowest BCUT2D eigenvalue weighted by Gasteiger charge is -2.38. The van der Waals surface area contributed by atoms with Gasteiger partial charge in [-0.15, -0.1) is 11.3 Å². The van der Waals surface area contributed by atoms with Crippen LogP contribution >= 0.6 is 27.3 Å². The number of hydrogen-bond acceptors (Lipinski definition) is 2. The summed E-state index contributed by atoms with van der Waals surface area (Å²) in [6, 6.07) is 2.23. The van der Waals surface area contributed by atoms with E-state index < -0.39 is 0 Å². The van der Waals surface area contributed by atoms with Crippen LogP contribution in [0.5, 0.6) is 0 Å². The number of hydrogen-bond donors (Lipinski definition) is 1. The van der Waals surface area contributed by atoms with Crippen molar-refractivity contribution in [3.05, 3.63) is 20.8 Å². The molecule has 94 valence electrons. The van der Waals surface area contributed by atoms with Gasteiger partial charge in [0.25, 0.3) is 5.91 Å². The molecule has 1 aliphatic carbocycles. The zero-order valence-electron chi connectivity index (χ0n) is 10.3. The predicted octanol–water partition coefficient (Wildman–Crippen LogP) is 4.21. The molecule has 2 rings (SSSR count). The first-order chi connectivity index (χ1) is 8.00. The molecule has 1 fully saturated rings. The van der Waals surface area contributed by atoms with E-state index in [1.54, 1.807) is 0 Å². The van der Waals surface area contributed by atoms with E-state index in [9.17, 15) is 4.79 Å². The Morgan fingerprint density at radius 1 is 1.53 bits per heavy atom. The SMILES string of the molecule is CC1(C)CCCCC1NC(=O)c1sccc1Br. The molecule has 0 bridgehead atoms. The van der Waals surface area contributed by atoms with Gasteiger partial charge in [-0.3, -0.25) is 4.79 Å². The molecule has 1 unspecified atom stereocenters. The van der Waals surface area contributed by atoms with Gasteiger partial charge in [-0.1, -0.05) is 26.7 Å². The summed E-state index contributed by atoms with van der Waals surface area (Å²) in [4.78, 5) is 12.9. The summed E-state index contributed by atoms with van der Waals surface area (Å²) in [6.07, 6.45) is 4.80. The van der Waals surface area contributed by atoms with Gasteiger partial charge in [-0.05, 0) is 45.6 Å². The molecule has 0 aromatic carbocycles. The van der Waals surface area contributed by atoms with E-state index in [1.807, 2.05) is 11.4 Å². The Morgan fingerprint density at radius 2 is 2.29 bits per heavy atom. The molecule has 1 aromatic heterocycles. The first kappa shape index (κ1) is 13.1. The Bertz CT molecular complexity index is 413. The molecule has 1 aromatic rings. The summed E-state index contributed by atoms with van der Waals surface area (Å²) in [5, 5.41) is 5.13. The van der Waals surface area contributed by atoms with Gasteiger partial charge in [-0.2, -0.15) is 0 Å². The maximum Gasteiger partial charge on any atom is 0.262 e. The van der Waals surface area contributed by atoms with Crippen LogP contribution in [0.2, 0.25) is 0 Å². The Labute approximate surface area is 115 Å². The highest BCUT2D eigenvalue weighted by Crippen LogP contribution is 2.35. The number of amides is 1. The van der Waals surface area contributed by atoms with Gasteiger partial charge >= 0.3 is 0 Å². The van der Waals surface area contributed by atoms with E-state index in [0.29, 0.717) is 6.04 Å². The molecule has 1 N–H and O–H groups in total. The minimum absolute atomic E-state index is 0.0619. The van der Waals surface area contributed by atoms with Crippen LogP contribution in [0.4, 0.5) is 0 Å². The summed E-state index contributed by atoms with van der Waals surface area (Å²) in [5.41, 5.74) is 0.220. The predicted molar refractivity (Wildman–Crippen MR) is 75.5 cm³/mol. The topological polar surface area (TPSA) is 29.1 Å². The quantitative estimate of drug-likeness (QED) is 0.870. The minimum atomic E-state index is 0.0619. The number of nitrogens with one attached hydrogen (secondary N) is 1. The molecule has 0 radical (unpaired) electrons. The highest BCUT2D eigenvalue weighted by molar-refractivity contribution is 9.10. The van der Waals surface area contributed by atoms with Crippen LogP contribution in [0.25, 0.3) is 0 Å². The summed E-state index contributed by atoms with van der Waals surface area (Å²) in [5.74, 6) is 0.0619. The van der Waals surface area contributed by atoms with Crippen molar-refractivity contribution in [3.63, 3.8) is 0 Å². The van der Waals surface area contributed by atoms with Crippen molar-refractivity contribution >= 4 is 33.2 Å². The second-order valence-electron chi connectivity index (χ2n) is 5.36. The zero-order chi connectivity index (χ0) is 12.5. The highest BCUT2D eigenvalue weighted by atomic mass is 79.9. The average molecular weight is 316 g/mol. The summed E-state index contributed by atoms with van der Waals surface area (Å²) in [7, 11) is 0. The average Bonchev–Trinajstić information content (AvgIpc) is 2.67. The molecule has 4 heteroatoms. The van der Waals surface area contributed by atoms with Gasteiger partial charge in [0.2, 0.25) is 0 Å². The Balaban J connectivity index is 2.06. The van der Waals surface area contributed by atoms with Gasteiger partial charge in [0.1, 0.15) is 4.88 Å². The molecular formula is C13H18BrNOS. The fraction of sp³-hybridized carbons (Fsp3) is 0.615. The van der Waals surface area contributed by atoms with Gasteiger partial charge in [0, 0.05) is 10.5 Å². The van der Waals surface area contributed by atoms with Crippen LogP contribution in [0.1, 0.15) is 49.2 Å². The fourth-order valence-electron chi connectivity index (χ4n) is 2.44. The van der Waals surface area contributed by atoms with Crippen LogP contribution < -0.4 is 5.32 Å². The number of halogens is 1. The third kappa shape index (κ3) is 2.91. The Kier molecular flexibility index (Phi) is 3.93. The number of thiophene rings is 1. The van der Waals surface area contributed by atoms with Gasteiger partial charge in [-0.25, -0.2) is 0 Å². The lowest BCUT2D eigenvalue weighted by atomic mass is 9.73. The van der Waals surface area contributed by atoms with E-state index in [-0.39, 0.29) is 11.3 Å². The molecule has 1 atom stereocenters. The number of rotatable bonds is 2. The van der Waals surface area contributed by atoms with Crippen molar-refractivity contribution in [2.45, 2.75) is 45.6 Å². The molecule has 1 amide bonds. The number of carbonyl (C=O) groups excluding carboxylic acids is 1. The van der Waals surface area contributed by atoms with Crippen molar-refractivity contribution in [2.75, 3.05) is 0 Å². The molecule has 0 spiro atoms. The second-order valence-corrected chi connectivity index (χ2v) is 7.13. The summed E-state index contributed by atoms with van der Waals surface area (Å²) < 4.78 is 0.897.